The molecule has 0 saturated heterocycles. The van der Waals surface area contributed by atoms with E-state index in [2.05, 4.69) is 21.4 Å². The number of rotatable bonds is 9. The molecular formula is C29H29N5O3. The molecule has 4 rings (SSSR count). The lowest BCUT2D eigenvalue weighted by Gasteiger charge is -2.12. The lowest BCUT2D eigenvalue weighted by Crippen LogP contribution is -2.24. The van der Waals surface area contributed by atoms with Gasteiger partial charge in [-0.2, -0.15) is 10.4 Å². The molecule has 0 saturated carbocycles. The molecule has 8 heteroatoms. The number of hydrogen-bond donors (Lipinski definition) is 1. The fourth-order valence-corrected chi connectivity index (χ4v) is 3.97. The Balaban J connectivity index is 1.48. The van der Waals surface area contributed by atoms with Gasteiger partial charge in [0.1, 0.15) is 0 Å². The molecule has 1 N–H and O–H groups in total. The number of carbonyl (C=O) groups is 1. The molecule has 37 heavy (non-hydrogen) atoms. The van der Waals surface area contributed by atoms with Gasteiger partial charge in [-0.15, -0.1) is 0 Å². The van der Waals surface area contributed by atoms with Gasteiger partial charge >= 0.3 is 6.09 Å². The highest BCUT2D eigenvalue weighted by atomic mass is 16.5. The minimum atomic E-state index is -0.489. The van der Waals surface area contributed by atoms with Gasteiger partial charge in [-0.05, 0) is 69.4 Å². The third-order valence-electron chi connectivity index (χ3n) is 5.92. The Kier molecular flexibility index (Phi) is 8.29. The standard InChI is InChI=1S/C29H29N5O3/c1-33(2)17-5-6-18-37-29(36)31-24-15-11-22(12-16-24)20-34-28(35)26-8-4-3-7-25(26)27(32-34)23-13-9-21(19-30)10-14-23/h3-4,7-16H,5-6,17-18,20H2,1-2H3,(H,31,36). The Morgan fingerprint density at radius 1 is 1.00 bits per heavy atom. The van der Waals surface area contributed by atoms with Gasteiger partial charge in [-0.1, -0.05) is 42.5 Å². The number of aromatic nitrogens is 2. The molecule has 0 aliphatic carbocycles. The Morgan fingerprint density at radius 2 is 1.70 bits per heavy atom. The van der Waals surface area contributed by atoms with E-state index in [1.807, 2.05) is 56.6 Å². The van der Waals surface area contributed by atoms with Crippen molar-refractivity contribution in [2.45, 2.75) is 19.4 Å². The zero-order chi connectivity index (χ0) is 26.2. The molecular weight excluding hydrogens is 466 g/mol. The minimum Gasteiger partial charge on any atom is -0.449 e. The number of amides is 1. The second-order valence-electron chi connectivity index (χ2n) is 9.01. The number of fused-ring (bicyclic) bond motifs is 1. The number of nitriles is 1. The van der Waals surface area contributed by atoms with Crippen LogP contribution in [0.4, 0.5) is 10.5 Å². The van der Waals surface area contributed by atoms with Crippen LogP contribution in [-0.2, 0) is 11.3 Å². The molecule has 0 bridgehead atoms. The molecule has 8 nitrogen and oxygen atoms in total. The van der Waals surface area contributed by atoms with Crippen LogP contribution in [0.2, 0.25) is 0 Å². The predicted octanol–water partition coefficient (Wildman–Crippen LogP) is 4.87. The van der Waals surface area contributed by atoms with Crippen LogP contribution >= 0.6 is 0 Å². The summed E-state index contributed by atoms with van der Waals surface area (Å²) in [6.45, 7) is 1.59. The van der Waals surface area contributed by atoms with Crippen LogP contribution < -0.4 is 10.9 Å². The van der Waals surface area contributed by atoms with Crippen molar-refractivity contribution >= 4 is 22.6 Å². The molecule has 0 fully saturated rings. The summed E-state index contributed by atoms with van der Waals surface area (Å²) < 4.78 is 6.68. The first-order valence-electron chi connectivity index (χ1n) is 12.1. The van der Waals surface area contributed by atoms with E-state index in [0.717, 1.165) is 35.9 Å². The molecule has 3 aromatic carbocycles. The second-order valence-corrected chi connectivity index (χ2v) is 9.01. The van der Waals surface area contributed by atoms with Crippen molar-refractivity contribution in [3.8, 4) is 17.3 Å². The smallest absolute Gasteiger partial charge is 0.411 e. The van der Waals surface area contributed by atoms with E-state index in [-0.39, 0.29) is 12.1 Å². The van der Waals surface area contributed by atoms with Crippen LogP contribution in [0, 0.1) is 11.3 Å². The largest absolute Gasteiger partial charge is 0.449 e. The van der Waals surface area contributed by atoms with E-state index in [9.17, 15) is 9.59 Å². The Bertz CT molecular complexity index is 1470. The molecule has 4 aromatic rings. The fraction of sp³-hybridized carbons (Fsp3) is 0.241. The lowest BCUT2D eigenvalue weighted by molar-refractivity contribution is 0.158. The highest BCUT2D eigenvalue weighted by molar-refractivity contribution is 5.93. The van der Waals surface area contributed by atoms with E-state index >= 15 is 0 Å². The van der Waals surface area contributed by atoms with Gasteiger partial charge in [0.2, 0.25) is 0 Å². The van der Waals surface area contributed by atoms with Gasteiger partial charge in [-0.25, -0.2) is 9.48 Å². The van der Waals surface area contributed by atoms with Crippen LogP contribution in [0.25, 0.3) is 22.0 Å². The Labute approximate surface area is 215 Å². The minimum absolute atomic E-state index is 0.187. The number of carbonyl (C=O) groups excluding carboxylic acids is 1. The molecule has 188 valence electrons. The summed E-state index contributed by atoms with van der Waals surface area (Å²) in [5.74, 6) is 0. The normalized spacial score (nSPS) is 10.9. The van der Waals surface area contributed by atoms with Crippen molar-refractivity contribution < 1.29 is 9.53 Å². The quantitative estimate of drug-likeness (QED) is 0.333. The molecule has 0 spiro atoms. The van der Waals surface area contributed by atoms with Crippen LogP contribution in [0.1, 0.15) is 24.0 Å². The molecule has 1 aromatic heterocycles. The molecule has 0 aliphatic rings. The van der Waals surface area contributed by atoms with Crippen molar-refractivity contribution in [1.29, 1.82) is 5.26 Å². The first-order valence-corrected chi connectivity index (χ1v) is 12.1. The Morgan fingerprint density at radius 3 is 2.38 bits per heavy atom. The van der Waals surface area contributed by atoms with Crippen molar-refractivity contribution in [2.24, 2.45) is 0 Å². The van der Waals surface area contributed by atoms with Crippen molar-refractivity contribution in [1.82, 2.24) is 14.7 Å². The van der Waals surface area contributed by atoms with Gasteiger partial charge in [0.15, 0.2) is 0 Å². The van der Waals surface area contributed by atoms with Crippen LogP contribution in [-0.4, -0.2) is 48.0 Å². The van der Waals surface area contributed by atoms with E-state index in [1.165, 1.54) is 4.68 Å². The summed E-state index contributed by atoms with van der Waals surface area (Å²) >= 11 is 0. The second kappa shape index (κ2) is 12.0. The summed E-state index contributed by atoms with van der Waals surface area (Å²) in [6.07, 6.45) is 1.28. The van der Waals surface area contributed by atoms with Gasteiger partial charge in [-0.3, -0.25) is 10.1 Å². The van der Waals surface area contributed by atoms with Gasteiger partial charge in [0.25, 0.3) is 5.56 Å². The molecule has 0 radical (unpaired) electrons. The van der Waals surface area contributed by atoms with Crippen molar-refractivity contribution in [3.63, 3.8) is 0 Å². The summed E-state index contributed by atoms with van der Waals surface area (Å²) in [7, 11) is 4.02. The molecule has 1 amide bonds. The fourth-order valence-electron chi connectivity index (χ4n) is 3.97. The maximum absolute atomic E-state index is 13.2. The van der Waals surface area contributed by atoms with Crippen LogP contribution in [0.5, 0.6) is 0 Å². The molecule has 0 aliphatic heterocycles. The first-order chi connectivity index (χ1) is 17.9. The summed E-state index contributed by atoms with van der Waals surface area (Å²) in [6, 6.07) is 23.9. The number of nitrogens with one attached hydrogen (secondary N) is 1. The maximum atomic E-state index is 13.2. The van der Waals surface area contributed by atoms with Crippen LogP contribution in [0.15, 0.2) is 77.6 Å². The average Bonchev–Trinajstić information content (AvgIpc) is 2.91. The first kappa shape index (κ1) is 25.6. The topological polar surface area (TPSA) is 100 Å². The number of unbranched alkanes of at least 4 members (excludes halogenated alkanes) is 1. The number of nitrogens with zero attached hydrogens (tertiary/aromatic N) is 4. The monoisotopic (exact) mass is 495 g/mol. The number of anilines is 1. The van der Waals surface area contributed by atoms with Crippen molar-refractivity contribution in [2.75, 3.05) is 32.6 Å². The number of ether oxygens (including phenoxy) is 1. The van der Waals surface area contributed by atoms with Gasteiger partial charge in [0.05, 0.1) is 35.9 Å². The zero-order valence-electron chi connectivity index (χ0n) is 21.0. The van der Waals surface area contributed by atoms with Crippen LogP contribution in [0.3, 0.4) is 0 Å². The lowest BCUT2D eigenvalue weighted by atomic mass is 10.0. The highest BCUT2D eigenvalue weighted by Crippen LogP contribution is 2.25. The average molecular weight is 496 g/mol. The summed E-state index contributed by atoms with van der Waals surface area (Å²) in [4.78, 5) is 27.3. The molecule has 0 unspecified atom stereocenters. The molecule has 0 atom stereocenters. The van der Waals surface area contributed by atoms with Crippen molar-refractivity contribution in [3.05, 3.63) is 94.3 Å². The number of hydrogen-bond acceptors (Lipinski definition) is 6. The zero-order valence-corrected chi connectivity index (χ0v) is 21.0. The summed E-state index contributed by atoms with van der Waals surface area (Å²) in [5, 5.41) is 17.9. The Hall–Kier alpha value is -4.48. The maximum Gasteiger partial charge on any atom is 0.411 e. The highest BCUT2D eigenvalue weighted by Gasteiger charge is 2.13. The number of benzene rings is 3. The third-order valence-corrected chi connectivity index (χ3v) is 5.92. The van der Waals surface area contributed by atoms with Gasteiger partial charge in [0, 0.05) is 16.6 Å². The SMILES string of the molecule is CN(C)CCCCOC(=O)Nc1ccc(Cn2nc(-c3ccc(C#N)cc3)c3ccccc3c2=O)cc1. The third kappa shape index (κ3) is 6.60. The summed E-state index contributed by atoms with van der Waals surface area (Å²) in [5.41, 5.74) is 3.34. The van der Waals surface area contributed by atoms with E-state index < -0.39 is 6.09 Å². The predicted molar refractivity (Wildman–Crippen MR) is 144 cm³/mol. The van der Waals surface area contributed by atoms with Gasteiger partial charge < -0.3 is 9.64 Å². The van der Waals surface area contributed by atoms with E-state index in [4.69, 9.17) is 10.00 Å². The van der Waals surface area contributed by atoms with E-state index in [1.54, 1.807) is 30.3 Å². The van der Waals surface area contributed by atoms with E-state index in [0.29, 0.717) is 28.9 Å². The molecule has 1 heterocycles.